The molecule has 9 nitrogen and oxygen atoms in total. The van der Waals surface area contributed by atoms with Crippen molar-refractivity contribution in [1.29, 1.82) is 0 Å². The maximum Gasteiger partial charge on any atom is 0.410 e. The summed E-state index contributed by atoms with van der Waals surface area (Å²) >= 11 is 0. The monoisotopic (exact) mass is 436 g/mol. The first-order chi connectivity index (χ1) is 15.3. The summed E-state index contributed by atoms with van der Waals surface area (Å²) in [6, 6.07) is 4.17. The predicted octanol–water partition coefficient (Wildman–Crippen LogP) is 4.43. The molecule has 2 saturated heterocycles. The van der Waals surface area contributed by atoms with E-state index in [2.05, 4.69) is 20.1 Å². The molecule has 0 spiro atoms. The minimum Gasteiger partial charge on any atom is -0.444 e. The van der Waals surface area contributed by atoms with Crippen LogP contribution >= 0.6 is 0 Å². The van der Waals surface area contributed by atoms with E-state index < -0.39 is 5.60 Å². The average molecular weight is 437 g/mol. The van der Waals surface area contributed by atoms with Crippen molar-refractivity contribution in [3.05, 3.63) is 36.5 Å². The highest BCUT2D eigenvalue weighted by Gasteiger charge is 2.45. The van der Waals surface area contributed by atoms with Gasteiger partial charge < -0.3 is 14.4 Å². The molecular formula is C23H28N6O3. The molecule has 5 rings (SSSR count). The third kappa shape index (κ3) is 3.76. The standard InChI is InChI=1S/C23H28N6O3/c1-14-19(6-5-9-24-14)31-21-18-12-27-29(20(18)25-13-26-21)17-10-15-7-8-16(11-17)28(15)22(30)32-23(2,3)4/h5-6,9,12-13,15-17H,7-8,10-11H2,1-4H3/t15-,16-/m0/s1. The van der Waals surface area contributed by atoms with E-state index in [4.69, 9.17) is 9.47 Å². The van der Waals surface area contributed by atoms with Crippen LogP contribution in [0.25, 0.3) is 11.0 Å². The van der Waals surface area contributed by atoms with Gasteiger partial charge in [0.2, 0.25) is 5.88 Å². The zero-order chi connectivity index (χ0) is 22.5. The summed E-state index contributed by atoms with van der Waals surface area (Å²) in [6.45, 7) is 7.61. The maximum atomic E-state index is 12.8. The molecule has 0 saturated carbocycles. The van der Waals surface area contributed by atoms with E-state index >= 15 is 0 Å². The Morgan fingerprint density at radius 1 is 1.09 bits per heavy atom. The Hall–Kier alpha value is -3.23. The molecule has 168 valence electrons. The number of hydrogen-bond donors (Lipinski definition) is 0. The average Bonchev–Trinajstić information content (AvgIpc) is 3.28. The van der Waals surface area contributed by atoms with Crippen LogP contribution in [-0.2, 0) is 4.74 Å². The van der Waals surface area contributed by atoms with E-state index in [1.807, 2.05) is 49.4 Å². The van der Waals surface area contributed by atoms with E-state index in [1.165, 1.54) is 6.33 Å². The number of fused-ring (bicyclic) bond motifs is 3. The predicted molar refractivity (Wildman–Crippen MR) is 118 cm³/mol. The number of pyridine rings is 1. The van der Waals surface area contributed by atoms with Crippen molar-refractivity contribution in [3.63, 3.8) is 0 Å². The number of aromatic nitrogens is 5. The summed E-state index contributed by atoms with van der Waals surface area (Å²) in [7, 11) is 0. The number of aryl methyl sites for hydroxylation is 1. The number of amides is 1. The topological polar surface area (TPSA) is 95.3 Å². The highest BCUT2D eigenvalue weighted by Crippen LogP contribution is 2.42. The molecule has 0 unspecified atom stereocenters. The SMILES string of the molecule is Cc1ncccc1Oc1ncnc2c1cnn2C1C[C@@H]2CC[C@@H](C1)N2C(=O)OC(C)(C)C. The smallest absolute Gasteiger partial charge is 0.410 e. The minimum atomic E-state index is -0.495. The van der Waals surface area contributed by atoms with Gasteiger partial charge in [-0.25, -0.2) is 19.4 Å². The normalized spacial score (nSPS) is 22.9. The molecule has 2 aliphatic rings. The van der Waals surface area contributed by atoms with E-state index in [0.29, 0.717) is 11.6 Å². The van der Waals surface area contributed by atoms with E-state index in [1.54, 1.807) is 12.4 Å². The second-order valence-corrected chi connectivity index (χ2v) is 9.59. The lowest BCUT2D eigenvalue weighted by molar-refractivity contribution is 0.00253. The lowest BCUT2D eigenvalue weighted by atomic mass is 9.98. The molecular weight excluding hydrogens is 408 g/mol. The van der Waals surface area contributed by atoms with Gasteiger partial charge in [-0.05, 0) is 65.5 Å². The van der Waals surface area contributed by atoms with Crippen LogP contribution in [0.1, 0.15) is 58.2 Å². The molecule has 32 heavy (non-hydrogen) atoms. The van der Waals surface area contributed by atoms with Crippen LogP contribution in [0.2, 0.25) is 0 Å². The third-order valence-electron chi connectivity index (χ3n) is 6.18. The largest absolute Gasteiger partial charge is 0.444 e. The van der Waals surface area contributed by atoms with Crippen molar-refractivity contribution in [1.82, 2.24) is 29.6 Å². The Labute approximate surface area is 186 Å². The van der Waals surface area contributed by atoms with Crippen LogP contribution in [0.15, 0.2) is 30.9 Å². The molecule has 9 heteroatoms. The third-order valence-corrected chi connectivity index (χ3v) is 6.18. The summed E-state index contributed by atoms with van der Waals surface area (Å²) in [4.78, 5) is 27.8. The molecule has 2 fully saturated rings. The lowest BCUT2D eigenvalue weighted by Crippen LogP contribution is -2.48. The summed E-state index contributed by atoms with van der Waals surface area (Å²) in [5.41, 5.74) is 1.04. The quantitative estimate of drug-likeness (QED) is 0.599. The molecule has 1 amide bonds. The summed E-state index contributed by atoms with van der Waals surface area (Å²) in [5.74, 6) is 1.12. The fourth-order valence-electron chi connectivity index (χ4n) is 4.83. The van der Waals surface area contributed by atoms with Gasteiger partial charge in [-0.3, -0.25) is 4.98 Å². The minimum absolute atomic E-state index is 0.156. The molecule has 2 bridgehead atoms. The second kappa shape index (κ2) is 7.72. The molecule has 0 aliphatic carbocycles. The second-order valence-electron chi connectivity index (χ2n) is 9.59. The molecule has 0 N–H and O–H groups in total. The van der Waals surface area contributed by atoms with Crippen molar-refractivity contribution in [2.75, 3.05) is 0 Å². The Kier molecular flexibility index (Phi) is 4.98. The van der Waals surface area contributed by atoms with Gasteiger partial charge in [0.05, 0.1) is 17.9 Å². The highest BCUT2D eigenvalue weighted by atomic mass is 16.6. The number of rotatable bonds is 3. The molecule has 2 atom stereocenters. The Morgan fingerprint density at radius 3 is 2.53 bits per heavy atom. The van der Waals surface area contributed by atoms with Gasteiger partial charge in [-0.15, -0.1) is 0 Å². The van der Waals surface area contributed by atoms with Crippen LogP contribution in [0.4, 0.5) is 4.79 Å². The number of carbonyl (C=O) groups is 1. The number of ether oxygens (including phenoxy) is 2. The molecule has 0 radical (unpaired) electrons. The summed E-state index contributed by atoms with van der Waals surface area (Å²) in [5, 5.41) is 5.42. The van der Waals surface area contributed by atoms with Crippen molar-refractivity contribution < 1.29 is 14.3 Å². The fourth-order valence-corrected chi connectivity index (χ4v) is 4.83. The lowest BCUT2D eigenvalue weighted by Gasteiger charge is -2.39. The van der Waals surface area contributed by atoms with Crippen LogP contribution in [-0.4, -0.2) is 53.4 Å². The molecule has 3 aromatic heterocycles. The van der Waals surface area contributed by atoms with Gasteiger partial charge in [-0.2, -0.15) is 5.10 Å². The number of hydrogen-bond acceptors (Lipinski definition) is 7. The Morgan fingerprint density at radius 2 is 1.84 bits per heavy atom. The van der Waals surface area contributed by atoms with Gasteiger partial charge >= 0.3 is 6.09 Å². The summed E-state index contributed by atoms with van der Waals surface area (Å²) in [6.07, 6.45) is 8.42. The van der Waals surface area contributed by atoms with Gasteiger partial charge in [0.1, 0.15) is 17.3 Å². The maximum absolute atomic E-state index is 12.8. The first-order valence-electron chi connectivity index (χ1n) is 11.1. The zero-order valence-electron chi connectivity index (χ0n) is 18.9. The summed E-state index contributed by atoms with van der Waals surface area (Å²) < 4.78 is 13.7. The number of carbonyl (C=O) groups excluding carboxylic acids is 1. The molecule has 5 heterocycles. The molecule has 3 aromatic rings. The van der Waals surface area contributed by atoms with Gasteiger partial charge in [-0.1, -0.05) is 0 Å². The Balaban J connectivity index is 1.39. The highest BCUT2D eigenvalue weighted by molar-refractivity contribution is 5.80. The van der Waals surface area contributed by atoms with Gasteiger partial charge in [0.15, 0.2) is 11.4 Å². The van der Waals surface area contributed by atoms with Gasteiger partial charge in [0, 0.05) is 18.3 Å². The first-order valence-corrected chi connectivity index (χ1v) is 11.1. The van der Waals surface area contributed by atoms with Crippen LogP contribution in [0.5, 0.6) is 11.6 Å². The van der Waals surface area contributed by atoms with Crippen LogP contribution < -0.4 is 4.74 Å². The van der Waals surface area contributed by atoms with E-state index in [-0.39, 0.29) is 24.2 Å². The molecule has 2 aliphatic heterocycles. The number of piperidine rings is 1. The first kappa shape index (κ1) is 20.7. The van der Waals surface area contributed by atoms with Crippen LogP contribution in [0, 0.1) is 6.92 Å². The van der Waals surface area contributed by atoms with Crippen molar-refractivity contribution in [2.45, 2.75) is 77.1 Å². The number of nitrogens with zero attached hydrogens (tertiary/aromatic N) is 6. The van der Waals surface area contributed by atoms with Crippen molar-refractivity contribution in [3.8, 4) is 11.6 Å². The zero-order valence-corrected chi connectivity index (χ0v) is 18.9. The Bertz CT molecular complexity index is 1140. The van der Waals surface area contributed by atoms with E-state index in [9.17, 15) is 4.79 Å². The molecule has 0 aromatic carbocycles. The van der Waals surface area contributed by atoms with E-state index in [0.717, 1.165) is 42.4 Å². The van der Waals surface area contributed by atoms with Crippen molar-refractivity contribution >= 4 is 17.1 Å². The van der Waals surface area contributed by atoms with Gasteiger partial charge in [0.25, 0.3) is 0 Å². The van der Waals surface area contributed by atoms with Crippen LogP contribution in [0.3, 0.4) is 0 Å². The fraction of sp³-hybridized carbons (Fsp3) is 0.522. The van der Waals surface area contributed by atoms with Crippen molar-refractivity contribution in [2.24, 2.45) is 0 Å².